The maximum Gasteiger partial charge on any atom is 0.273 e. The molecule has 0 radical (unpaired) electrons. The summed E-state index contributed by atoms with van der Waals surface area (Å²) < 4.78 is 22.5. The Morgan fingerprint density at radius 1 is 1.15 bits per heavy atom. The zero-order valence-corrected chi connectivity index (χ0v) is 16.2. The van der Waals surface area contributed by atoms with Gasteiger partial charge in [-0.3, -0.25) is 14.9 Å². The predicted molar refractivity (Wildman–Crippen MR) is 101 cm³/mol. The smallest absolute Gasteiger partial charge is 0.273 e. The van der Waals surface area contributed by atoms with Crippen LogP contribution in [0.25, 0.3) is 0 Å². The number of hydrogen-bond acceptors (Lipinski definition) is 7. The van der Waals surface area contributed by atoms with Crippen LogP contribution in [0.3, 0.4) is 0 Å². The Hall–Kier alpha value is -2.34. The molecule has 9 nitrogen and oxygen atoms in total. The van der Waals surface area contributed by atoms with Crippen molar-refractivity contribution >= 4 is 38.3 Å². The number of sulfonamides is 1. The molecular formula is C16H19N5O4S2. The summed E-state index contributed by atoms with van der Waals surface area (Å²) in [6.45, 7) is 2.91. The predicted octanol–water partition coefficient (Wildman–Crippen LogP) is 0.430. The van der Waals surface area contributed by atoms with Crippen molar-refractivity contribution in [2.24, 2.45) is 5.14 Å². The molecule has 1 fully saturated rings. The molecule has 1 aliphatic heterocycles. The SMILES string of the molecule is CN1CCN(C(=O)c2csc(NC(=O)c3ccc(S(N)(=O)=O)cc3)n2)CC1. The summed E-state index contributed by atoms with van der Waals surface area (Å²) in [6, 6.07) is 5.24. The normalized spacial score (nSPS) is 15.6. The summed E-state index contributed by atoms with van der Waals surface area (Å²) in [4.78, 5) is 32.8. The minimum atomic E-state index is -3.81. The fraction of sp³-hybridized carbons (Fsp3) is 0.312. The highest BCUT2D eigenvalue weighted by molar-refractivity contribution is 7.89. The Morgan fingerprint density at radius 2 is 1.78 bits per heavy atom. The van der Waals surface area contributed by atoms with Crippen molar-refractivity contribution < 1.29 is 18.0 Å². The van der Waals surface area contributed by atoms with Gasteiger partial charge in [-0.1, -0.05) is 0 Å². The second-order valence-electron chi connectivity index (χ2n) is 6.16. The zero-order valence-electron chi connectivity index (χ0n) is 14.6. The van der Waals surface area contributed by atoms with E-state index in [9.17, 15) is 18.0 Å². The van der Waals surface area contributed by atoms with Gasteiger partial charge in [0.05, 0.1) is 4.90 Å². The van der Waals surface area contributed by atoms with Gasteiger partial charge in [-0.2, -0.15) is 0 Å². The largest absolute Gasteiger partial charge is 0.335 e. The fourth-order valence-corrected chi connectivity index (χ4v) is 3.76. The van der Waals surface area contributed by atoms with E-state index in [-0.39, 0.29) is 16.4 Å². The van der Waals surface area contributed by atoms with Gasteiger partial charge in [0.25, 0.3) is 11.8 Å². The van der Waals surface area contributed by atoms with Gasteiger partial charge in [-0.05, 0) is 31.3 Å². The molecule has 27 heavy (non-hydrogen) atoms. The molecule has 1 aromatic carbocycles. The Bertz CT molecular complexity index is 947. The summed E-state index contributed by atoms with van der Waals surface area (Å²) in [5.41, 5.74) is 0.550. The summed E-state index contributed by atoms with van der Waals surface area (Å²) in [5, 5.41) is 9.55. The molecule has 0 aliphatic carbocycles. The third kappa shape index (κ3) is 4.69. The standard InChI is InChI=1S/C16H19N5O4S2/c1-20-6-8-21(9-7-20)15(23)13-10-26-16(18-13)19-14(22)11-2-4-12(5-3-11)27(17,24)25/h2-5,10H,6-9H2,1H3,(H2,17,24,25)(H,18,19,22). The number of carbonyl (C=O) groups excluding carboxylic acids is 2. The van der Waals surface area contributed by atoms with E-state index in [1.54, 1.807) is 10.3 Å². The van der Waals surface area contributed by atoms with Gasteiger partial charge >= 0.3 is 0 Å². The van der Waals surface area contributed by atoms with Crippen molar-refractivity contribution in [2.45, 2.75) is 4.90 Å². The first-order valence-electron chi connectivity index (χ1n) is 8.11. The zero-order chi connectivity index (χ0) is 19.6. The Balaban J connectivity index is 1.65. The topological polar surface area (TPSA) is 126 Å². The first-order chi connectivity index (χ1) is 12.7. The van der Waals surface area contributed by atoms with Crippen molar-refractivity contribution in [3.05, 3.63) is 40.9 Å². The highest BCUT2D eigenvalue weighted by Gasteiger charge is 2.22. The minimum absolute atomic E-state index is 0.0756. The first kappa shape index (κ1) is 19.4. The highest BCUT2D eigenvalue weighted by Crippen LogP contribution is 2.19. The molecule has 0 spiro atoms. The van der Waals surface area contributed by atoms with Gasteiger partial charge in [-0.25, -0.2) is 18.5 Å². The number of primary sulfonamides is 1. The van der Waals surface area contributed by atoms with Gasteiger partial charge in [0.15, 0.2) is 5.13 Å². The Kier molecular flexibility index (Phi) is 5.56. The van der Waals surface area contributed by atoms with E-state index in [4.69, 9.17) is 5.14 Å². The number of nitrogens with zero attached hydrogens (tertiary/aromatic N) is 3. The number of thiazole rings is 1. The highest BCUT2D eigenvalue weighted by atomic mass is 32.2. The monoisotopic (exact) mass is 409 g/mol. The van der Waals surface area contributed by atoms with E-state index in [1.807, 2.05) is 7.05 Å². The second kappa shape index (κ2) is 7.72. The van der Waals surface area contributed by atoms with E-state index < -0.39 is 15.9 Å². The van der Waals surface area contributed by atoms with Crippen LogP contribution in [0.2, 0.25) is 0 Å². The number of hydrogen-bond donors (Lipinski definition) is 2. The summed E-state index contributed by atoms with van der Waals surface area (Å²) in [6.07, 6.45) is 0. The lowest BCUT2D eigenvalue weighted by molar-refractivity contribution is 0.0659. The number of rotatable bonds is 4. The summed E-state index contributed by atoms with van der Waals surface area (Å²) >= 11 is 1.16. The molecule has 1 saturated heterocycles. The number of nitrogens with one attached hydrogen (secondary N) is 1. The maximum absolute atomic E-state index is 12.5. The van der Waals surface area contributed by atoms with Crippen LogP contribution in [-0.2, 0) is 10.0 Å². The number of benzene rings is 1. The minimum Gasteiger partial charge on any atom is -0.335 e. The van der Waals surface area contributed by atoms with Gasteiger partial charge in [-0.15, -0.1) is 11.3 Å². The fourth-order valence-electron chi connectivity index (χ4n) is 2.57. The molecule has 11 heteroatoms. The van der Waals surface area contributed by atoms with Gasteiger partial charge < -0.3 is 9.80 Å². The van der Waals surface area contributed by atoms with E-state index in [0.717, 1.165) is 24.4 Å². The Labute approximate surface area is 160 Å². The molecule has 2 aromatic rings. The van der Waals surface area contributed by atoms with Crippen LogP contribution < -0.4 is 10.5 Å². The average Bonchev–Trinajstić information content (AvgIpc) is 3.09. The van der Waals surface area contributed by atoms with Crippen LogP contribution in [0, 0.1) is 0 Å². The summed E-state index contributed by atoms with van der Waals surface area (Å²) in [5.74, 6) is -0.610. The van der Waals surface area contributed by atoms with Gasteiger partial charge in [0.2, 0.25) is 10.0 Å². The molecular weight excluding hydrogens is 390 g/mol. The molecule has 2 heterocycles. The van der Waals surface area contributed by atoms with Crippen LogP contribution in [0.1, 0.15) is 20.8 Å². The van der Waals surface area contributed by atoms with Crippen molar-refractivity contribution in [3.8, 4) is 0 Å². The van der Waals surface area contributed by atoms with Gasteiger partial charge in [0.1, 0.15) is 5.69 Å². The lowest BCUT2D eigenvalue weighted by Crippen LogP contribution is -2.47. The molecule has 0 saturated carbocycles. The van der Waals surface area contributed by atoms with Crippen molar-refractivity contribution in [2.75, 3.05) is 38.5 Å². The van der Waals surface area contributed by atoms with E-state index in [1.165, 1.54) is 24.3 Å². The number of anilines is 1. The molecule has 0 unspecified atom stereocenters. The van der Waals surface area contributed by atoms with Crippen molar-refractivity contribution in [1.29, 1.82) is 0 Å². The third-order valence-electron chi connectivity index (χ3n) is 4.18. The lowest BCUT2D eigenvalue weighted by atomic mass is 10.2. The van der Waals surface area contributed by atoms with E-state index >= 15 is 0 Å². The number of likely N-dealkylation sites (N-methyl/N-ethyl adjacent to an activating group) is 1. The van der Waals surface area contributed by atoms with Crippen molar-refractivity contribution in [1.82, 2.24) is 14.8 Å². The molecule has 144 valence electrons. The van der Waals surface area contributed by atoms with Gasteiger partial charge in [0, 0.05) is 37.1 Å². The van der Waals surface area contributed by atoms with Crippen molar-refractivity contribution in [3.63, 3.8) is 0 Å². The molecule has 1 aliphatic rings. The Morgan fingerprint density at radius 3 is 2.37 bits per heavy atom. The van der Waals surface area contributed by atoms with Crippen LogP contribution in [0.5, 0.6) is 0 Å². The summed E-state index contributed by atoms with van der Waals surface area (Å²) in [7, 11) is -1.80. The van der Waals surface area contributed by atoms with Crippen LogP contribution in [0.4, 0.5) is 5.13 Å². The molecule has 3 N–H and O–H groups in total. The number of amides is 2. The van der Waals surface area contributed by atoms with E-state index in [0.29, 0.717) is 23.9 Å². The molecule has 3 rings (SSSR count). The van der Waals surface area contributed by atoms with Crippen LogP contribution in [-0.4, -0.2) is 68.2 Å². The number of nitrogens with two attached hydrogens (primary N) is 1. The molecule has 1 aromatic heterocycles. The molecule has 0 bridgehead atoms. The van der Waals surface area contributed by atoms with Crippen LogP contribution >= 0.6 is 11.3 Å². The number of carbonyl (C=O) groups is 2. The first-order valence-corrected chi connectivity index (χ1v) is 10.5. The second-order valence-corrected chi connectivity index (χ2v) is 8.58. The third-order valence-corrected chi connectivity index (χ3v) is 5.87. The number of aromatic nitrogens is 1. The van der Waals surface area contributed by atoms with E-state index in [2.05, 4.69) is 15.2 Å². The average molecular weight is 409 g/mol. The number of piperazine rings is 1. The quantitative estimate of drug-likeness (QED) is 0.754. The van der Waals surface area contributed by atoms with Crippen LogP contribution in [0.15, 0.2) is 34.5 Å². The maximum atomic E-state index is 12.5. The lowest BCUT2D eigenvalue weighted by Gasteiger charge is -2.31. The molecule has 0 atom stereocenters. The molecule has 2 amide bonds.